The number of carbonyl (C=O) groups is 2. The molecule has 0 aromatic heterocycles. The fourth-order valence-electron chi connectivity index (χ4n) is 4.36. The first-order valence-corrected chi connectivity index (χ1v) is 10.2. The van der Waals surface area contributed by atoms with Crippen LogP contribution in [0, 0.1) is 23.1 Å². The average molecular weight is 415 g/mol. The topological polar surface area (TPSA) is 103 Å². The summed E-state index contributed by atoms with van der Waals surface area (Å²) in [5.74, 6) is -0.916. The molecule has 1 aliphatic heterocycles. The lowest BCUT2D eigenvalue weighted by molar-refractivity contribution is -0.128. The monoisotopic (exact) mass is 415 g/mol. The molecule has 1 heterocycles. The molecule has 1 aliphatic carbocycles. The zero-order valence-corrected chi connectivity index (χ0v) is 17.5. The zero-order valence-electron chi connectivity index (χ0n) is 17.5. The lowest BCUT2D eigenvalue weighted by Crippen LogP contribution is -2.55. The number of benzene rings is 1. The number of piperidine rings is 1. The van der Waals surface area contributed by atoms with Crippen molar-refractivity contribution in [2.75, 3.05) is 0 Å². The second kappa shape index (κ2) is 8.64. The molecule has 30 heavy (non-hydrogen) atoms. The summed E-state index contributed by atoms with van der Waals surface area (Å²) >= 11 is 0. The summed E-state index contributed by atoms with van der Waals surface area (Å²) in [7, 11) is -0.277. The molecule has 4 atom stereocenters. The van der Waals surface area contributed by atoms with Crippen molar-refractivity contribution in [1.82, 2.24) is 10.2 Å². The van der Waals surface area contributed by atoms with Crippen molar-refractivity contribution in [1.29, 1.82) is 5.26 Å². The van der Waals surface area contributed by atoms with E-state index in [4.69, 9.17) is 9.76 Å². The molecule has 1 saturated heterocycles. The Morgan fingerprint density at radius 2 is 2.17 bits per heavy atom. The van der Waals surface area contributed by atoms with Crippen molar-refractivity contribution in [3.8, 4) is 6.07 Å². The van der Waals surface area contributed by atoms with Crippen LogP contribution in [0.2, 0.25) is 0 Å². The van der Waals surface area contributed by atoms with Gasteiger partial charge in [0, 0.05) is 12.5 Å². The third-order valence-corrected chi connectivity index (χ3v) is 5.65. The van der Waals surface area contributed by atoms with Gasteiger partial charge in [-0.25, -0.2) is 9.18 Å². The Balaban J connectivity index is 1.71. The van der Waals surface area contributed by atoms with Crippen LogP contribution in [0.5, 0.6) is 0 Å². The fraction of sp³-hybridized carbons (Fsp3) is 0.571. The van der Waals surface area contributed by atoms with Crippen molar-refractivity contribution < 1.29 is 23.7 Å². The van der Waals surface area contributed by atoms with Crippen molar-refractivity contribution in [2.24, 2.45) is 5.92 Å². The molecular formula is C21H27BFN3O4. The molecular weight excluding hydrogens is 388 g/mol. The third-order valence-electron chi connectivity index (χ3n) is 5.65. The highest BCUT2D eigenvalue weighted by molar-refractivity contribution is 6.45. The quantitative estimate of drug-likeness (QED) is 0.703. The van der Waals surface area contributed by atoms with Crippen molar-refractivity contribution in [3.63, 3.8) is 0 Å². The average Bonchev–Trinajstić information content (AvgIpc) is 3.28. The van der Waals surface area contributed by atoms with Gasteiger partial charge in [-0.05, 0) is 57.6 Å². The van der Waals surface area contributed by atoms with E-state index in [2.05, 4.69) is 5.32 Å². The van der Waals surface area contributed by atoms with Crippen LogP contribution in [-0.4, -0.2) is 53.1 Å². The molecule has 1 aromatic carbocycles. The normalized spacial score (nSPS) is 23.6. The third kappa shape index (κ3) is 4.76. The van der Waals surface area contributed by atoms with Gasteiger partial charge in [-0.15, -0.1) is 0 Å². The molecule has 3 rings (SSSR count). The number of likely N-dealkylation sites (tertiary alicyclic amines) is 1. The Morgan fingerprint density at radius 3 is 2.77 bits per heavy atom. The predicted molar refractivity (Wildman–Crippen MR) is 110 cm³/mol. The van der Waals surface area contributed by atoms with E-state index >= 15 is 0 Å². The van der Waals surface area contributed by atoms with Crippen LogP contribution in [0.3, 0.4) is 0 Å². The number of ether oxygens (including phenoxy) is 1. The van der Waals surface area contributed by atoms with Gasteiger partial charge in [0.25, 0.3) is 0 Å². The van der Waals surface area contributed by atoms with E-state index in [0.717, 1.165) is 19.3 Å². The number of hydrogen-bond acceptors (Lipinski definition) is 5. The van der Waals surface area contributed by atoms with Gasteiger partial charge in [0.2, 0.25) is 5.91 Å². The van der Waals surface area contributed by atoms with E-state index < -0.39 is 35.5 Å². The summed E-state index contributed by atoms with van der Waals surface area (Å²) in [6.07, 6.45) is 1.89. The lowest BCUT2D eigenvalue weighted by Gasteiger charge is -2.35. The summed E-state index contributed by atoms with van der Waals surface area (Å²) in [5, 5.41) is 21.3. The van der Waals surface area contributed by atoms with Crippen LogP contribution < -0.4 is 10.8 Å². The van der Waals surface area contributed by atoms with E-state index in [-0.39, 0.29) is 31.4 Å². The number of hydrogen-bond donors (Lipinski definition) is 2. The molecule has 160 valence electrons. The molecule has 2 N–H and O–H groups in total. The fourth-order valence-corrected chi connectivity index (χ4v) is 4.36. The van der Waals surface area contributed by atoms with E-state index in [9.17, 15) is 19.2 Å². The number of nitrogens with zero attached hydrogens (tertiary/aromatic N) is 2. The summed E-state index contributed by atoms with van der Waals surface area (Å²) in [6, 6.07) is 4.64. The van der Waals surface area contributed by atoms with Crippen LogP contribution in [0.4, 0.5) is 9.18 Å². The number of fused-ring (bicyclic) bond motifs is 2. The molecule has 0 radical (unpaired) electrons. The van der Waals surface area contributed by atoms with Gasteiger partial charge in [-0.3, -0.25) is 9.69 Å². The van der Waals surface area contributed by atoms with Gasteiger partial charge in [-0.1, -0.05) is 17.6 Å². The molecule has 2 fully saturated rings. The van der Waals surface area contributed by atoms with Gasteiger partial charge in [0.05, 0.1) is 6.07 Å². The number of amides is 2. The Hall–Kier alpha value is -2.60. The Morgan fingerprint density at radius 1 is 1.43 bits per heavy atom. The summed E-state index contributed by atoms with van der Waals surface area (Å²) in [5.41, 5.74) is 0.0349. The minimum atomic E-state index is -0.938. The largest absolute Gasteiger partial charge is 0.449 e. The molecule has 2 aliphatic rings. The standard InChI is InChI=1S/C21H27BFN3O4/c1-21(2,3)30-20(28)26-16-7-5-13(9-16)18(26)19(27)25-15(11-24)8-12-4-6-14(22-29)10-17(12)23/h4,6,10,13,15-16,18,22,29H,5,7-9H2,1-3H3,(H,25,27)/t13-,15-,16+,18-/m0/s1. The number of rotatable bonds is 5. The first kappa shape index (κ1) is 22.1. The lowest BCUT2D eigenvalue weighted by atomic mass is 9.87. The SMILES string of the molecule is CC(C)(C)OC(=O)N1[C@@H]2CC[C@@H](C2)[C@H]1C(=O)N[C@H](C#N)Cc1ccc(BO)cc1F. The molecule has 1 saturated carbocycles. The molecule has 2 bridgehead atoms. The van der Waals surface area contributed by atoms with Crippen LogP contribution in [0.15, 0.2) is 18.2 Å². The maximum absolute atomic E-state index is 14.2. The van der Waals surface area contributed by atoms with Gasteiger partial charge >= 0.3 is 13.6 Å². The van der Waals surface area contributed by atoms with Gasteiger partial charge in [0.15, 0.2) is 0 Å². The first-order valence-electron chi connectivity index (χ1n) is 10.2. The van der Waals surface area contributed by atoms with Crippen molar-refractivity contribution >= 4 is 24.9 Å². The summed E-state index contributed by atoms with van der Waals surface area (Å²) in [6.45, 7) is 5.32. The van der Waals surface area contributed by atoms with Crippen LogP contribution in [0.25, 0.3) is 0 Å². The maximum Gasteiger partial charge on any atom is 0.411 e. The van der Waals surface area contributed by atoms with Crippen LogP contribution in [0.1, 0.15) is 45.6 Å². The molecule has 0 spiro atoms. The number of halogens is 1. The highest BCUT2D eigenvalue weighted by Crippen LogP contribution is 2.43. The van der Waals surface area contributed by atoms with Gasteiger partial charge in [-0.2, -0.15) is 5.26 Å². The first-order chi connectivity index (χ1) is 14.1. The highest BCUT2D eigenvalue weighted by Gasteiger charge is 2.52. The van der Waals surface area contributed by atoms with E-state index in [0.29, 0.717) is 5.46 Å². The molecule has 1 aromatic rings. The Labute approximate surface area is 176 Å². The van der Waals surface area contributed by atoms with Crippen molar-refractivity contribution in [3.05, 3.63) is 29.6 Å². The maximum atomic E-state index is 14.2. The number of nitrogens with one attached hydrogen (secondary N) is 1. The number of nitriles is 1. The number of carbonyl (C=O) groups excluding carboxylic acids is 2. The smallest absolute Gasteiger partial charge is 0.411 e. The minimum Gasteiger partial charge on any atom is -0.449 e. The summed E-state index contributed by atoms with van der Waals surface area (Å²) in [4.78, 5) is 27.2. The minimum absolute atomic E-state index is 0.00691. The predicted octanol–water partition coefficient (Wildman–Crippen LogP) is 1.13. The molecule has 7 nitrogen and oxygen atoms in total. The Bertz CT molecular complexity index is 867. The second-order valence-electron chi connectivity index (χ2n) is 9.04. The van der Waals surface area contributed by atoms with E-state index in [1.165, 1.54) is 17.0 Å². The Kier molecular flexibility index (Phi) is 6.37. The molecule has 2 amide bonds. The highest BCUT2D eigenvalue weighted by atomic mass is 19.1. The zero-order chi connectivity index (χ0) is 22.1. The second-order valence-corrected chi connectivity index (χ2v) is 9.04. The van der Waals surface area contributed by atoms with Crippen LogP contribution in [-0.2, 0) is 16.0 Å². The van der Waals surface area contributed by atoms with Gasteiger partial charge in [0.1, 0.15) is 23.5 Å². The summed E-state index contributed by atoms with van der Waals surface area (Å²) < 4.78 is 19.7. The molecule has 9 heteroatoms. The van der Waals surface area contributed by atoms with Crippen LogP contribution >= 0.6 is 0 Å². The van der Waals surface area contributed by atoms with E-state index in [1.54, 1.807) is 26.8 Å². The van der Waals surface area contributed by atoms with E-state index in [1.807, 2.05) is 6.07 Å². The van der Waals surface area contributed by atoms with Gasteiger partial charge < -0.3 is 15.1 Å². The van der Waals surface area contributed by atoms with Crippen molar-refractivity contribution in [2.45, 2.75) is 70.2 Å². The molecule has 0 unspecified atom stereocenters.